The fraction of sp³-hybridized carbons (Fsp3) is 0.333. The Hall–Kier alpha value is -1.61. The van der Waals surface area contributed by atoms with E-state index < -0.39 is 0 Å². The van der Waals surface area contributed by atoms with Crippen molar-refractivity contribution in [3.8, 4) is 0 Å². The van der Waals surface area contributed by atoms with E-state index in [4.69, 9.17) is 11.6 Å². The average molecular weight is 277 g/mol. The normalized spacial score (nSPS) is 12.4. The summed E-state index contributed by atoms with van der Waals surface area (Å²) >= 11 is 5.85. The lowest BCUT2D eigenvalue weighted by Crippen LogP contribution is -2.23. The van der Waals surface area contributed by atoms with Gasteiger partial charge in [0.2, 0.25) is 5.91 Å². The van der Waals surface area contributed by atoms with Crippen LogP contribution in [0.3, 0.4) is 0 Å². The highest BCUT2D eigenvalue weighted by Gasteiger charge is 2.18. The van der Waals surface area contributed by atoms with Crippen LogP contribution in [0.5, 0.6) is 0 Å². The molecule has 3 nitrogen and oxygen atoms in total. The molecule has 0 bridgehead atoms. The third-order valence-corrected chi connectivity index (χ3v) is 3.35. The van der Waals surface area contributed by atoms with Gasteiger partial charge in [0, 0.05) is 16.6 Å². The predicted octanol–water partition coefficient (Wildman–Crippen LogP) is 3.67. The van der Waals surface area contributed by atoms with Crippen molar-refractivity contribution in [2.75, 3.05) is 0 Å². The molecule has 1 aromatic carbocycles. The Balaban J connectivity index is 2.11. The van der Waals surface area contributed by atoms with Gasteiger partial charge in [-0.2, -0.15) is 5.10 Å². The monoisotopic (exact) mass is 276 g/mol. The summed E-state index contributed by atoms with van der Waals surface area (Å²) in [7, 11) is 0. The molecule has 0 N–H and O–H groups in total. The molecule has 0 saturated heterocycles. The maximum Gasteiger partial charge on any atom is 0.250 e. The first-order valence-electron chi connectivity index (χ1n) is 6.29. The van der Waals surface area contributed by atoms with Crippen molar-refractivity contribution in [2.45, 2.75) is 27.2 Å². The van der Waals surface area contributed by atoms with Crippen LogP contribution in [0.25, 0.3) is 0 Å². The van der Waals surface area contributed by atoms with Crippen LogP contribution in [-0.4, -0.2) is 15.7 Å². The highest BCUT2D eigenvalue weighted by atomic mass is 35.5. The number of hydrogen-bond acceptors (Lipinski definition) is 2. The second-order valence-corrected chi connectivity index (χ2v) is 5.35. The highest BCUT2D eigenvalue weighted by Crippen LogP contribution is 2.15. The average Bonchev–Trinajstić information content (AvgIpc) is 2.70. The molecule has 0 radical (unpaired) electrons. The van der Waals surface area contributed by atoms with Crippen molar-refractivity contribution in [2.24, 2.45) is 5.92 Å². The van der Waals surface area contributed by atoms with Crippen LogP contribution in [0.1, 0.15) is 28.7 Å². The molecule has 0 aliphatic heterocycles. The predicted molar refractivity (Wildman–Crippen MR) is 76.6 cm³/mol. The summed E-state index contributed by atoms with van der Waals surface area (Å²) in [5.74, 6) is -0.0836. The van der Waals surface area contributed by atoms with Crippen molar-refractivity contribution in [1.29, 1.82) is 0 Å². The molecule has 100 valence electrons. The summed E-state index contributed by atoms with van der Waals surface area (Å²) in [6.45, 7) is 5.71. The maximum atomic E-state index is 12.3. The molecule has 0 aliphatic rings. The summed E-state index contributed by atoms with van der Waals surface area (Å²) in [6.07, 6.45) is 0.689. The molecule has 4 heteroatoms. The van der Waals surface area contributed by atoms with E-state index in [0.717, 1.165) is 17.0 Å². The Labute approximate surface area is 118 Å². The molecule has 1 aromatic heterocycles. The van der Waals surface area contributed by atoms with Crippen molar-refractivity contribution in [1.82, 2.24) is 9.78 Å². The smallest absolute Gasteiger partial charge is 0.250 e. The molecule has 1 heterocycles. The summed E-state index contributed by atoms with van der Waals surface area (Å²) in [4.78, 5) is 12.3. The van der Waals surface area contributed by atoms with Gasteiger partial charge in [-0.15, -0.1) is 0 Å². The second kappa shape index (κ2) is 5.57. The Bertz CT molecular complexity index is 587. The number of benzene rings is 1. The van der Waals surface area contributed by atoms with Gasteiger partial charge >= 0.3 is 0 Å². The van der Waals surface area contributed by atoms with Gasteiger partial charge < -0.3 is 0 Å². The van der Waals surface area contributed by atoms with E-state index in [0.29, 0.717) is 11.4 Å². The van der Waals surface area contributed by atoms with Crippen LogP contribution in [0.2, 0.25) is 5.02 Å². The molecule has 0 amide bonds. The van der Waals surface area contributed by atoms with E-state index >= 15 is 0 Å². The van der Waals surface area contributed by atoms with E-state index in [2.05, 4.69) is 5.10 Å². The summed E-state index contributed by atoms with van der Waals surface area (Å²) < 4.78 is 1.50. The van der Waals surface area contributed by atoms with Gasteiger partial charge in [-0.3, -0.25) is 4.79 Å². The molecule has 0 aliphatic carbocycles. The Morgan fingerprint density at radius 1 is 1.32 bits per heavy atom. The largest absolute Gasteiger partial charge is 0.272 e. The SMILES string of the molecule is Cc1cc(C)n(C(=O)C(C)Cc2ccc(Cl)cc2)n1. The first-order chi connectivity index (χ1) is 8.97. The van der Waals surface area contributed by atoms with Crippen LogP contribution in [0, 0.1) is 19.8 Å². The second-order valence-electron chi connectivity index (χ2n) is 4.91. The van der Waals surface area contributed by atoms with E-state index in [-0.39, 0.29) is 11.8 Å². The van der Waals surface area contributed by atoms with Crippen LogP contribution >= 0.6 is 11.6 Å². The number of carbonyl (C=O) groups is 1. The van der Waals surface area contributed by atoms with Crippen LogP contribution in [0.15, 0.2) is 30.3 Å². The fourth-order valence-electron chi connectivity index (χ4n) is 2.12. The van der Waals surface area contributed by atoms with Gasteiger partial charge in [0.15, 0.2) is 0 Å². The first kappa shape index (κ1) is 13.8. The lowest BCUT2D eigenvalue weighted by Gasteiger charge is -2.11. The van der Waals surface area contributed by atoms with Crippen LogP contribution in [-0.2, 0) is 6.42 Å². The summed E-state index contributed by atoms with van der Waals surface area (Å²) in [5.41, 5.74) is 2.85. The van der Waals surface area contributed by atoms with Gasteiger partial charge in [0.05, 0.1) is 5.69 Å². The van der Waals surface area contributed by atoms with E-state index in [1.54, 1.807) is 0 Å². The van der Waals surface area contributed by atoms with Crippen molar-refractivity contribution in [3.05, 3.63) is 52.3 Å². The number of rotatable bonds is 3. The van der Waals surface area contributed by atoms with Crippen molar-refractivity contribution < 1.29 is 4.79 Å². The third kappa shape index (κ3) is 3.24. The zero-order chi connectivity index (χ0) is 14.0. The number of aryl methyl sites for hydroxylation is 2. The minimum absolute atomic E-state index is 0.0283. The summed E-state index contributed by atoms with van der Waals surface area (Å²) in [6, 6.07) is 9.50. The van der Waals surface area contributed by atoms with Crippen molar-refractivity contribution in [3.63, 3.8) is 0 Å². The number of nitrogens with zero attached hydrogens (tertiary/aromatic N) is 2. The third-order valence-electron chi connectivity index (χ3n) is 3.10. The molecule has 1 unspecified atom stereocenters. The van der Waals surface area contributed by atoms with Gasteiger partial charge in [0.1, 0.15) is 0 Å². The quantitative estimate of drug-likeness (QED) is 0.857. The molecule has 19 heavy (non-hydrogen) atoms. The van der Waals surface area contributed by atoms with Gasteiger partial charge in [-0.25, -0.2) is 4.68 Å². The van der Waals surface area contributed by atoms with Crippen LogP contribution < -0.4 is 0 Å². The maximum absolute atomic E-state index is 12.3. The molecule has 1 atom stereocenters. The van der Waals surface area contributed by atoms with Crippen LogP contribution in [0.4, 0.5) is 0 Å². The van der Waals surface area contributed by atoms with Crippen molar-refractivity contribution >= 4 is 17.5 Å². The number of halogens is 1. The van der Waals surface area contributed by atoms with Gasteiger partial charge in [-0.05, 0) is 44.0 Å². The Morgan fingerprint density at radius 3 is 2.47 bits per heavy atom. The Morgan fingerprint density at radius 2 is 1.95 bits per heavy atom. The zero-order valence-electron chi connectivity index (χ0n) is 11.4. The first-order valence-corrected chi connectivity index (χ1v) is 6.67. The van der Waals surface area contributed by atoms with E-state index in [9.17, 15) is 4.79 Å². The van der Waals surface area contributed by atoms with E-state index in [1.807, 2.05) is 51.1 Å². The lowest BCUT2D eigenvalue weighted by molar-refractivity contribution is 0.0824. The van der Waals surface area contributed by atoms with E-state index in [1.165, 1.54) is 4.68 Å². The van der Waals surface area contributed by atoms with Gasteiger partial charge in [-0.1, -0.05) is 30.7 Å². The minimum Gasteiger partial charge on any atom is -0.272 e. The summed E-state index contributed by atoms with van der Waals surface area (Å²) in [5, 5.41) is 4.94. The number of aromatic nitrogens is 2. The molecular weight excluding hydrogens is 260 g/mol. The fourth-order valence-corrected chi connectivity index (χ4v) is 2.25. The zero-order valence-corrected chi connectivity index (χ0v) is 12.1. The number of carbonyl (C=O) groups excluding carboxylic acids is 1. The minimum atomic E-state index is -0.112. The standard InChI is InChI=1S/C15H17ClN2O/c1-10(8-13-4-6-14(16)7-5-13)15(19)18-12(3)9-11(2)17-18/h4-7,9-10H,8H2,1-3H3. The molecule has 2 aromatic rings. The molecule has 0 saturated carbocycles. The highest BCUT2D eigenvalue weighted by molar-refractivity contribution is 6.30. The number of hydrogen-bond donors (Lipinski definition) is 0. The topological polar surface area (TPSA) is 34.9 Å². The molecule has 0 fully saturated rings. The lowest BCUT2D eigenvalue weighted by atomic mass is 10.0. The van der Waals surface area contributed by atoms with Gasteiger partial charge in [0.25, 0.3) is 0 Å². The molecule has 2 rings (SSSR count). The molecular formula is C15H17ClN2O. The Kier molecular flexibility index (Phi) is 4.05. The molecule has 0 spiro atoms.